The maximum atomic E-state index is 12.0. The van der Waals surface area contributed by atoms with Crippen LogP contribution in [0.15, 0.2) is 0 Å². The van der Waals surface area contributed by atoms with Crippen molar-refractivity contribution in [1.82, 2.24) is 9.78 Å². The average molecular weight is 273 g/mol. The van der Waals surface area contributed by atoms with Crippen molar-refractivity contribution in [3.05, 3.63) is 16.4 Å². The predicted octanol–water partition coefficient (Wildman–Crippen LogP) is 3.42. The molecule has 5 heteroatoms. The zero-order valence-corrected chi connectivity index (χ0v) is 12.5. The molecule has 0 fully saturated rings. The van der Waals surface area contributed by atoms with Crippen LogP contribution in [0.3, 0.4) is 0 Å². The van der Waals surface area contributed by atoms with Crippen LogP contribution in [0.1, 0.15) is 57.2 Å². The molecular formula is C13H21ClN2O2. The van der Waals surface area contributed by atoms with E-state index in [9.17, 15) is 4.79 Å². The molecule has 0 aliphatic rings. The van der Waals surface area contributed by atoms with Crippen LogP contribution < -0.4 is 0 Å². The van der Waals surface area contributed by atoms with Crippen molar-refractivity contribution in [2.75, 3.05) is 6.61 Å². The number of aromatic nitrogens is 2. The van der Waals surface area contributed by atoms with Crippen molar-refractivity contribution in [3.63, 3.8) is 0 Å². The Balaban J connectivity index is 3.31. The van der Waals surface area contributed by atoms with E-state index in [1.54, 1.807) is 11.6 Å². The molecule has 102 valence electrons. The summed E-state index contributed by atoms with van der Waals surface area (Å²) in [5, 5.41) is 4.88. The molecule has 1 aromatic rings. The standard InChI is InChI=1S/C13H21ClN2O2/c1-6-8-9-10(14)11(12(17)18-7-2)16(15-9)13(3,4)5/h6-8H2,1-5H3. The summed E-state index contributed by atoms with van der Waals surface area (Å²) < 4.78 is 6.72. The van der Waals surface area contributed by atoms with Gasteiger partial charge in [0.25, 0.3) is 0 Å². The van der Waals surface area contributed by atoms with Crippen LogP contribution in [0.2, 0.25) is 5.02 Å². The molecule has 0 amide bonds. The summed E-state index contributed by atoms with van der Waals surface area (Å²) in [6.45, 7) is 10.1. The van der Waals surface area contributed by atoms with E-state index in [2.05, 4.69) is 12.0 Å². The Morgan fingerprint density at radius 2 is 2.00 bits per heavy atom. The van der Waals surface area contributed by atoms with Gasteiger partial charge in [-0.15, -0.1) is 0 Å². The molecule has 0 aliphatic carbocycles. The average Bonchev–Trinajstić information content (AvgIpc) is 2.57. The minimum absolute atomic E-state index is 0.308. The lowest BCUT2D eigenvalue weighted by Gasteiger charge is -2.21. The van der Waals surface area contributed by atoms with E-state index >= 15 is 0 Å². The van der Waals surface area contributed by atoms with E-state index in [4.69, 9.17) is 16.3 Å². The van der Waals surface area contributed by atoms with Gasteiger partial charge in [0, 0.05) is 0 Å². The van der Waals surface area contributed by atoms with Gasteiger partial charge < -0.3 is 4.74 Å². The maximum Gasteiger partial charge on any atom is 0.358 e. The largest absolute Gasteiger partial charge is 0.461 e. The van der Waals surface area contributed by atoms with E-state index in [1.807, 2.05) is 20.8 Å². The second kappa shape index (κ2) is 5.74. The van der Waals surface area contributed by atoms with Crippen LogP contribution in [0, 0.1) is 0 Å². The number of halogens is 1. The molecule has 0 unspecified atom stereocenters. The molecule has 4 nitrogen and oxygen atoms in total. The van der Waals surface area contributed by atoms with Gasteiger partial charge >= 0.3 is 5.97 Å². The summed E-state index contributed by atoms with van der Waals surface area (Å²) in [6.07, 6.45) is 1.69. The van der Waals surface area contributed by atoms with E-state index in [0.29, 0.717) is 17.3 Å². The Morgan fingerprint density at radius 1 is 1.39 bits per heavy atom. The number of carbonyl (C=O) groups is 1. The van der Waals surface area contributed by atoms with Gasteiger partial charge in [0.2, 0.25) is 0 Å². The molecule has 0 radical (unpaired) electrons. The molecule has 1 heterocycles. The van der Waals surface area contributed by atoms with Crippen LogP contribution in [-0.2, 0) is 16.7 Å². The predicted molar refractivity (Wildman–Crippen MR) is 72.2 cm³/mol. The molecule has 0 bridgehead atoms. The normalized spacial score (nSPS) is 11.7. The molecule has 1 aromatic heterocycles. The van der Waals surface area contributed by atoms with E-state index in [1.165, 1.54) is 0 Å². The first-order chi connectivity index (χ1) is 8.32. The molecule has 1 rings (SSSR count). The van der Waals surface area contributed by atoms with Crippen molar-refractivity contribution >= 4 is 17.6 Å². The van der Waals surface area contributed by atoms with Gasteiger partial charge in [-0.05, 0) is 34.1 Å². The lowest BCUT2D eigenvalue weighted by molar-refractivity contribution is 0.0504. The SMILES string of the molecule is CCCc1nn(C(C)(C)C)c(C(=O)OCC)c1Cl. The van der Waals surface area contributed by atoms with Crippen molar-refractivity contribution in [2.45, 2.75) is 53.0 Å². The van der Waals surface area contributed by atoms with Crippen molar-refractivity contribution in [1.29, 1.82) is 0 Å². The number of nitrogens with zero attached hydrogens (tertiary/aromatic N) is 2. The van der Waals surface area contributed by atoms with Crippen molar-refractivity contribution < 1.29 is 9.53 Å². The van der Waals surface area contributed by atoms with Crippen LogP contribution in [0.25, 0.3) is 0 Å². The lowest BCUT2D eigenvalue weighted by Crippen LogP contribution is -2.28. The number of esters is 1. The fraction of sp³-hybridized carbons (Fsp3) is 0.692. The molecule has 0 spiro atoms. The Hall–Kier alpha value is -1.03. The Labute approximate surface area is 113 Å². The second-order valence-corrected chi connectivity index (χ2v) is 5.54. The van der Waals surface area contributed by atoms with E-state index in [-0.39, 0.29) is 5.54 Å². The van der Waals surface area contributed by atoms with Gasteiger partial charge in [0.15, 0.2) is 5.69 Å². The minimum atomic E-state index is -0.410. The summed E-state index contributed by atoms with van der Waals surface area (Å²) in [5.41, 5.74) is 0.809. The maximum absolute atomic E-state index is 12.0. The number of rotatable bonds is 4. The van der Waals surface area contributed by atoms with Gasteiger partial charge in [0.1, 0.15) is 0 Å². The minimum Gasteiger partial charge on any atom is -0.461 e. The summed E-state index contributed by atoms with van der Waals surface area (Å²) in [4.78, 5) is 12.0. The molecule has 0 saturated heterocycles. The second-order valence-electron chi connectivity index (χ2n) is 5.16. The quantitative estimate of drug-likeness (QED) is 0.789. The summed E-state index contributed by atoms with van der Waals surface area (Å²) in [6, 6.07) is 0. The highest BCUT2D eigenvalue weighted by molar-refractivity contribution is 6.34. The molecule has 18 heavy (non-hydrogen) atoms. The van der Waals surface area contributed by atoms with Gasteiger partial charge in [0.05, 0.1) is 22.9 Å². The monoisotopic (exact) mass is 272 g/mol. The first kappa shape index (κ1) is 15.0. The summed E-state index contributed by atoms with van der Waals surface area (Å²) >= 11 is 6.26. The molecule has 0 atom stereocenters. The third-order valence-corrected chi connectivity index (χ3v) is 2.88. The Bertz CT molecular complexity index is 433. The zero-order valence-electron chi connectivity index (χ0n) is 11.7. The highest BCUT2D eigenvalue weighted by Crippen LogP contribution is 2.27. The molecular weight excluding hydrogens is 252 g/mol. The Morgan fingerprint density at radius 3 is 2.44 bits per heavy atom. The van der Waals surface area contributed by atoms with Gasteiger partial charge in [-0.1, -0.05) is 24.9 Å². The highest BCUT2D eigenvalue weighted by Gasteiger charge is 2.28. The van der Waals surface area contributed by atoms with Crippen LogP contribution >= 0.6 is 11.6 Å². The smallest absolute Gasteiger partial charge is 0.358 e. The number of hydrogen-bond acceptors (Lipinski definition) is 3. The molecule has 0 aromatic carbocycles. The Kier molecular flexibility index (Phi) is 4.79. The van der Waals surface area contributed by atoms with Crippen LogP contribution in [-0.4, -0.2) is 22.4 Å². The first-order valence-corrected chi connectivity index (χ1v) is 6.65. The van der Waals surface area contributed by atoms with E-state index in [0.717, 1.165) is 18.5 Å². The number of aryl methyl sites for hydroxylation is 1. The molecule has 0 N–H and O–H groups in total. The van der Waals surface area contributed by atoms with Crippen LogP contribution in [0.5, 0.6) is 0 Å². The van der Waals surface area contributed by atoms with Gasteiger partial charge in [-0.2, -0.15) is 5.10 Å². The van der Waals surface area contributed by atoms with Crippen molar-refractivity contribution in [2.24, 2.45) is 0 Å². The topological polar surface area (TPSA) is 44.1 Å². The third-order valence-electron chi connectivity index (χ3n) is 2.48. The highest BCUT2D eigenvalue weighted by atomic mass is 35.5. The lowest BCUT2D eigenvalue weighted by atomic mass is 10.1. The fourth-order valence-electron chi connectivity index (χ4n) is 1.70. The summed E-state index contributed by atoms with van der Waals surface area (Å²) in [7, 11) is 0. The number of ether oxygens (including phenoxy) is 1. The first-order valence-electron chi connectivity index (χ1n) is 6.27. The zero-order chi connectivity index (χ0) is 13.9. The third kappa shape index (κ3) is 3.05. The molecule has 0 saturated carbocycles. The van der Waals surface area contributed by atoms with Crippen LogP contribution in [0.4, 0.5) is 0 Å². The van der Waals surface area contributed by atoms with Gasteiger partial charge in [-0.3, -0.25) is 4.68 Å². The van der Waals surface area contributed by atoms with E-state index < -0.39 is 5.97 Å². The number of hydrogen-bond donors (Lipinski definition) is 0. The van der Waals surface area contributed by atoms with Gasteiger partial charge in [-0.25, -0.2) is 4.79 Å². The molecule has 0 aliphatic heterocycles. The van der Waals surface area contributed by atoms with Crippen molar-refractivity contribution in [3.8, 4) is 0 Å². The fourth-order valence-corrected chi connectivity index (χ4v) is 1.99. The number of carbonyl (C=O) groups excluding carboxylic acids is 1. The summed E-state index contributed by atoms with van der Waals surface area (Å²) in [5.74, 6) is -0.410.